The largest absolute Gasteiger partial charge is 0.466 e. The highest BCUT2D eigenvalue weighted by Crippen LogP contribution is 2.24. The van der Waals surface area contributed by atoms with Crippen LogP contribution >= 0.6 is 0 Å². The van der Waals surface area contributed by atoms with Gasteiger partial charge in [0.05, 0.1) is 18.2 Å². The molecule has 0 N–H and O–H groups in total. The van der Waals surface area contributed by atoms with E-state index >= 15 is 0 Å². The van der Waals surface area contributed by atoms with Crippen LogP contribution in [0, 0.1) is 0 Å². The molecule has 1 aliphatic rings. The molecule has 2 amide bonds. The van der Waals surface area contributed by atoms with Gasteiger partial charge in [0.1, 0.15) is 6.04 Å². The molecule has 0 spiro atoms. The Labute approximate surface area is 126 Å². The van der Waals surface area contributed by atoms with Crippen molar-refractivity contribution in [3.05, 3.63) is 35.4 Å². The molecule has 7 nitrogen and oxygen atoms in total. The topological polar surface area (TPSA) is 90.0 Å². The normalized spacial score (nSPS) is 16.0. The zero-order valence-corrected chi connectivity index (χ0v) is 12.4. The number of rotatable bonds is 4. The van der Waals surface area contributed by atoms with E-state index in [2.05, 4.69) is 4.74 Å². The van der Waals surface area contributed by atoms with E-state index in [4.69, 9.17) is 4.74 Å². The summed E-state index contributed by atoms with van der Waals surface area (Å²) < 4.78 is 9.36. The zero-order valence-electron chi connectivity index (χ0n) is 12.4. The summed E-state index contributed by atoms with van der Waals surface area (Å²) in [6, 6.07) is 5.17. The Balaban J connectivity index is 2.16. The summed E-state index contributed by atoms with van der Waals surface area (Å²) in [7, 11) is 1.17. The van der Waals surface area contributed by atoms with Crippen LogP contribution in [0.3, 0.4) is 0 Å². The number of esters is 2. The number of imide groups is 1. The Kier molecular flexibility index (Phi) is 4.25. The van der Waals surface area contributed by atoms with Crippen molar-refractivity contribution in [2.45, 2.75) is 26.0 Å². The van der Waals surface area contributed by atoms with Crippen LogP contribution in [-0.4, -0.2) is 47.9 Å². The molecule has 1 heterocycles. The Morgan fingerprint density at radius 3 is 1.95 bits per heavy atom. The monoisotopic (exact) mass is 305 g/mol. The van der Waals surface area contributed by atoms with Gasteiger partial charge in [0.25, 0.3) is 11.8 Å². The first-order valence-electron chi connectivity index (χ1n) is 6.63. The smallest absolute Gasteiger partial charge is 0.346 e. The molecule has 0 aromatic heterocycles. The lowest BCUT2D eigenvalue weighted by Gasteiger charge is -2.22. The fourth-order valence-corrected chi connectivity index (χ4v) is 2.15. The minimum atomic E-state index is -1.14. The Morgan fingerprint density at radius 2 is 1.50 bits per heavy atom. The van der Waals surface area contributed by atoms with E-state index in [0.29, 0.717) is 0 Å². The van der Waals surface area contributed by atoms with Crippen molar-refractivity contribution >= 4 is 23.8 Å². The molecule has 0 saturated carbocycles. The molecule has 0 unspecified atom stereocenters. The Bertz CT molecular complexity index is 618. The lowest BCUT2D eigenvalue weighted by molar-refractivity contribution is -0.166. The minimum absolute atomic E-state index is 0.244. The molecule has 2 atom stereocenters. The maximum Gasteiger partial charge on any atom is 0.346 e. The summed E-state index contributed by atoms with van der Waals surface area (Å²) in [4.78, 5) is 48.6. The van der Waals surface area contributed by atoms with Crippen LogP contribution in [0.5, 0.6) is 0 Å². The molecule has 7 heteroatoms. The molecule has 0 radical (unpaired) electrons. The van der Waals surface area contributed by atoms with Crippen molar-refractivity contribution in [1.82, 2.24) is 4.90 Å². The third-order valence-electron chi connectivity index (χ3n) is 3.38. The van der Waals surface area contributed by atoms with Crippen LogP contribution in [0.15, 0.2) is 24.3 Å². The van der Waals surface area contributed by atoms with Gasteiger partial charge in [-0.1, -0.05) is 12.1 Å². The molecule has 116 valence electrons. The predicted octanol–water partition coefficient (Wildman–Crippen LogP) is 0.776. The van der Waals surface area contributed by atoms with Gasteiger partial charge in [-0.3, -0.25) is 14.5 Å². The van der Waals surface area contributed by atoms with Crippen LogP contribution in [0.2, 0.25) is 0 Å². The van der Waals surface area contributed by atoms with Gasteiger partial charge in [-0.2, -0.15) is 0 Å². The van der Waals surface area contributed by atoms with Crippen LogP contribution in [-0.2, 0) is 19.1 Å². The van der Waals surface area contributed by atoms with E-state index in [0.717, 1.165) is 4.90 Å². The number of fused-ring (bicyclic) bond motifs is 1. The number of carbonyl (C=O) groups is 4. The van der Waals surface area contributed by atoms with E-state index in [9.17, 15) is 19.2 Å². The third kappa shape index (κ3) is 2.57. The van der Waals surface area contributed by atoms with Gasteiger partial charge in [0.15, 0.2) is 6.10 Å². The van der Waals surface area contributed by atoms with E-state index in [-0.39, 0.29) is 11.1 Å². The van der Waals surface area contributed by atoms with Crippen LogP contribution in [0.4, 0.5) is 0 Å². The maximum absolute atomic E-state index is 12.2. The minimum Gasteiger partial charge on any atom is -0.466 e. The molecular formula is C15H15NO6. The Hall–Kier alpha value is -2.70. The average molecular weight is 305 g/mol. The fourth-order valence-electron chi connectivity index (χ4n) is 2.15. The maximum atomic E-state index is 12.2. The molecule has 1 aromatic rings. The van der Waals surface area contributed by atoms with Gasteiger partial charge in [-0.25, -0.2) is 9.59 Å². The number of methoxy groups -OCH3 is 1. The van der Waals surface area contributed by atoms with Crippen LogP contribution in [0.1, 0.15) is 34.6 Å². The van der Waals surface area contributed by atoms with E-state index < -0.39 is 35.9 Å². The molecule has 0 saturated heterocycles. The van der Waals surface area contributed by atoms with Crippen molar-refractivity contribution in [3.63, 3.8) is 0 Å². The Morgan fingerprint density at radius 1 is 1.00 bits per heavy atom. The quantitative estimate of drug-likeness (QED) is 0.603. The molecule has 0 fully saturated rings. The number of hydrogen-bond donors (Lipinski definition) is 0. The fraction of sp³-hybridized carbons (Fsp3) is 0.333. The molecule has 1 aromatic carbocycles. The van der Waals surface area contributed by atoms with Gasteiger partial charge >= 0.3 is 11.9 Å². The molecule has 1 aliphatic heterocycles. The van der Waals surface area contributed by atoms with Gasteiger partial charge in [0, 0.05) is 0 Å². The van der Waals surface area contributed by atoms with Crippen molar-refractivity contribution in [3.8, 4) is 0 Å². The SMILES string of the molecule is COC(=O)[C@H](C)OC(=O)[C@@H](C)N1C(=O)c2ccccc2C1=O. The highest BCUT2D eigenvalue weighted by molar-refractivity contribution is 6.22. The number of nitrogens with zero attached hydrogens (tertiary/aromatic N) is 1. The lowest BCUT2D eigenvalue weighted by Crippen LogP contribution is -2.45. The van der Waals surface area contributed by atoms with E-state index in [1.165, 1.54) is 33.1 Å². The second-order valence-corrected chi connectivity index (χ2v) is 4.80. The molecule has 0 aliphatic carbocycles. The molecule has 22 heavy (non-hydrogen) atoms. The van der Waals surface area contributed by atoms with Gasteiger partial charge in [-0.15, -0.1) is 0 Å². The summed E-state index contributed by atoms with van der Waals surface area (Å²) >= 11 is 0. The highest BCUT2D eigenvalue weighted by Gasteiger charge is 2.41. The van der Waals surface area contributed by atoms with E-state index in [1.807, 2.05) is 0 Å². The summed E-state index contributed by atoms with van der Waals surface area (Å²) in [5, 5.41) is 0. The first-order valence-corrected chi connectivity index (χ1v) is 6.63. The van der Waals surface area contributed by atoms with Crippen molar-refractivity contribution in [2.24, 2.45) is 0 Å². The second-order valence-electron chi connectivity index (χ2n) is 4.80. The van der Waals surface area contributed by atoms with Crippen molar-refractivity contribution < 1.29 is 28.7 Å². The van der Waals surface area contributed by atoms with Gasteiger partial charge in [0.2, 0.25) is 0 Å². The highest BCUT2D eigenvalue weighted by atomic mass is 16.6. The number of ether oxygens (including phenoxy) is 2. The summed E-state index contributed by atoms with van der Waals surface area (Å²) in [5.74, 6) is -2.69. The standard InChI is InChI=1S/C15H15NO6/c1-8(14(19)22-9(2)15(20)21-3)16-12(17)10-6-4-5-7-11(10)13(16)18/h4-9H,1-3H3/t8-,9+/m1/s1. The number of hydrogen-bond acceptors (Lipinski definition) is 6. The summed E-state index contributed by atoms with van der Waals surface area (Å²) in [5.41, 5.74) is 0.487. The van der Waals surface area contributed by atoms with Crippen molar-refractivity contribution in [1.29, 1.82) is 0 Å². The number of benzene rings is 1. The predicted molar refractivity (Wildman–Crippen MR) is 74.0 cm³/mol. The molecule has 2 rings (SSSR count). The first-order chi connectivity index (χ1) is 10.4. The van der Waals surface area contributed by atoms with Crippen LogP contribution < -0.4 is 0 Å². The lowest BCUT2D eigenvalue weighted by atomic mass is 10.1. The molecular weight excluding hydrogens is 290 g/mol. The summed E-state index contributed by atoms with van der Waals surface area (Å²) in [6.45, 7) is 2.72. The first kappa shape index (κ1) is 15.7. The third-order valence-corrected chi connectivity index (χ3v) is 3.38. The zero-order chi connectivity index (χ0) is 16.4. The van der Waals surface area contributed by atoms with Gasteiger partial charge < -0.3 is 9.47 Å². The second kappa shape index (κ2) is 5.97. The van der Waals surface area contributed by atoms with Crippen LogP contribution in [0.25, 0.3) is 0 Å². The van der Waals surface area contributed by atoms with Crippen molar-refractivity contribution in [2.75, 3.05) is 7.11 Å². The summed E-state index contributed by atoms with van der Waals surface area (Å²) in [6.07, 6.45) is -1.12. The average Bonchev–Trinajstić information content (AvgIpc) is 2.77. The van der Waals surface area contributed by atoms with Gasteiger partial charge in [-0.05, 0) is 26.0 Å². The number of amides is 2. The number of carbonyl (C=O) groups excluding carboxylic acids is 4. The van der Waals surface area contributed by atoms with E-state index in [1.54, 1.807) is 12.1 Å². The molecule has 0 bridgehead atoms.